The fraction of sp³-hybridized carbons (Fsp3) is 0.350. The fourth-order valence-electron chi connectivity index (χ4n) is 2.67. The molecule has 0 aliphatic rings. The van der Waals surface area contributed by atoms with E-state index in [1.165, 1.54) is 0 Å². The number of sulfone groups is 1. The van der Waals surface area contributed by atoms with E-state index in [2.05, 4.69) is 15.6 Å². The Morgan fingerprint density at radius 2 is 1.78 bits per heavy atom. The molecule has 146 valence electrons. The quantitative estimate of drug-likeness (QED) is 0.536. The van der Waals surface area contributed by atoms with Gasteiger partial charge in [-0.15, -0.1) is 0 Å². The van der Waals surface area contributed by atoms with Gasteiger partial charge in [0.05, 0.1) is 17.8 Å². The van der Waals surface area contributed by atoms with Crippen molar-refractivity contribution in [1.82, 2.24) is 10.6 Å². The van der Waals surface area contributed by atoms with E-state index in [9.17, 15) is 8.42 Å². The molecule has 1 atom stereocenters. The van der Waals surface area contributed by atoms with Gasteiger partial charge in [0, 0.05) is 25.2 Å². The molecule has 0 aliphatic heterocycles. The summed E-state index contributed by atoms with van der Waals surface area (Å²) in [6, 6.07) is 16.0. The maximum absolute atomic E-state index is 12.6. The molecule has 7 heteroatoms. The van der Waals surface area contributed by atoms with Crippen LogP contribution in [0.5, 0.6) is 5.75 Å². The maximum Gasteiger partial charge on any atom is 0.191 e. The van der Waals surface area contributed by atoms with Gasteiger partial charge in [0.2, 0.25) is 0 Å². The molecule has 6 nitrogen and oxygen atoms in total. The minimum absolute atomic E-state index is 0.00285. The van der Waals surface area contributed by atoms with Crippen molar-refractivity contribution in [3.8, 4) is 5.75 Å². The molecular weight excluding hydrogens is 362 g/mol. The third-order valence-corrected chi connectivity index (χ3v) is 6.05. The SMILES string of the molecule is CCC(CS(=O)(=O)c1ccccc1)NC(=NC)NCc1ccccc1OC. The van der Waals surface area contributed by atoms with Crippen molar-refractivity contribution in [2.24, 2.45) is 4.99 Å². The second kappa shape index (κ2) is 9.97. The average Bonchev–Trinajstić information content (AvgIpc) is 2.71. The molecule has 0 aliphatic carbocycles. The largest absolute Gasteiger partial charge is 0.496 e. The number of guanidine groups is 1. The normalized spacial score (nSPS) is 13.1. The second-order valence-corrected chi connectivity index (χ2v) is 8.12. The lowest BCUT2D eigenvalue weighted by atomic mass is 10.2. The van der Waals surface area contributed by atoms with E-state index >= 15 is 0 Å². The smallest absolute Gasteiger partial charge is 0.191 e. The predicted octanol–water partition coefficient (Wildman–Crippen LogP) is 2.61. The Morgan fingerprint density at radius 1 is 1.11 bits per heavy atom. The lowest BCUT2D eigenvalue weighted by Gasteiger charge is -2.21. The minimum atomic E-state index is -3.37. The van der Waals surface area contributed by atoms with Gasteiger partial charge < -0.3 is 15.4 Å². The van der Waals surface area contributed by atoms with E-state index in [-0.39, 0.29) is 11.8 Å². The number of benzene rings is 2. The highest BCUT2D eigenvalue weighted by molar-refractivity contribution is 7.91. The molecule has 1 unspecified atom stereocenters. The molecule has 0 radical (unpaired) electrons. The zero-order valence-corrected chi connectivity index (χ0v) is 16.8. The Balaban J connectivity index is 2.01. The molecule has 2 N–H and O–H groups in total. The van der Waals surface area contributed by atoms with Crippen LogP contribution in [0.4, 0.5) is 0 Å². The van der Waals surface area contributed by atoms with Gasteiger partial charge in [0.15, 0.2) is 15.8 Å². The molecule has 0 heterocycles. The molecule has 0 amide bonds. The highest BCUT2D eigenvalue weighted by atomic mass is 32.2. The summed E-state index contributed by atoms with van der Waals surface area (Å²) in [7, 11) is -0.0734. The predicted molar refractivity (Wildman–Crippen MR) is 109 cm³/mol. The Labute approximate surface area is 161 Å². The summed E-state index contributed by atoms with van der Waals surface area (Å²) < 4.78 is 30.6. The molecule has 2 aromatic rings. The van der Waals surface area contributed by atoms with Crippen molar-refractivity contribution in [2.75, 3.05) is 19.9 Å². The van der Waals surface area contributed by atoms with Gasteiger partial charge in [0.25, 0.3) is 0 Å². The second-order valence-electron chi connectivity index (χ2n) is 6.08. The number of ether oxygens (including phenoxy) is 1. The maximum atomic E-state index is 12.6. The average molecular weight is 390 g/mol. The van der Waals surface area contributed by atoms with E-state index in [0.717, 1.165) is 11.3 Å². The van der Waals surface area contributed by atoms with Crippen molar-refractivity contribution in [3.05, 3.63) is 60.2 Å². The molecule has 0 spiro atoms. The molecule has 2 rings (SSSR count). The lowest BCUT2D eigenvalue weighted by molar-refractivity contribution is 0.409. The molecule has 0 fully saturated rings. The molecule has 0 aromatic heterocycles. The number of nitrogens with one attached hydrogen (secondary N) is 2. The van der Waals surface area contributed by atoms with Crippen LogP contribution in [-0.2, 0) is 16.4 Å². The molecule has 0 bridgehead atoms. The van der Waals surface area contributed by atoms with E-state index in [4.69, 9.17) is 4.74 Å². The third kappa shape index (κ3) is 5.99. The summed E-state index contributed by atoms with van der Waals surface area (Å²) in [5, 5.41) is 6.42. The molecule has 0 saturated carbocycles. The van der Waals surface area contributed by atoms with E-state index in [1.807, 2.05) is 31.2 Å². The molecule has 2 aromatic carbocycles. The van der Waals surface area contributed by atoms with Gasteiger partial charge in [0.1, 0.15) is 5.75 Å². The van der Waals surface area contributed by atoms with Crippen LogP contribution in [0.1, 0.15) is 18.9 Å². The first-order valence-corrected chi connectivity index (χ1v) is 10.5. The monoisotopic (exact) mass is 389 g/mol. The summed E-state index contributed by atoms with van der Waals surface area (Å²) in [5.41, 5.74) is 0.993. The Hall–Kier alpha value is -2.54. The van der Waals surface area contributed by atoms with Crippen molar-refractivity contribution in [3.63, 3.8) is 0 Å². The third-order valence-electron chi connectivity index (χ3n) is 4.22. The Bertz CT molecular complexity index is 852. The minimum Gasteiger partial charge on any atom is -0.496 e. The van der Waals surface area contributed by atoms with Crippen LogP contribution >= 0.6 is 0 Å². The first-order valence-electron chi connectivity index (χ1n) is 8.87. The topological polar surface area (TPSA) is 79.8 Å². The lowest BCUT2D eigenvalue weighted by Crippen LogP contribution is -2.45. The van der Waals surface area contributed by atoms with Gasteiger partial charge in [-0.3, -0.25) is 4.99 Å². The van der Waals surface area contributed by atoms with E-state index < -0.39 is 9.84 Å². The van der Waals surface area contributed by atoms with Gasteiger partial charge in [-0.2, -0.15) is 0 Å². The number of para-hydroxylation sites is 1. The summed E-state index contributed by atoms with van der Waals surface area (Å²) in [5.74, 6) is 1.35. The summed E-state index contributed by atoms with van der Waals surface area (Å²) in [6.45, 7) is 2.47. The van der Waals surface area contributed by atoms with Crippen LogP contribution in [0.15, 0.2) is 64.5 Å². The van der Waals surface area contributed by atoms with Crippen LogP contribution in [0, 0.1) is 0 Å². The van der Waals surface area contributed by atoms with Crippen molar-refractivity contribution < 1.29 is 13.2 Å². The van der Waals surface area contributed by atoms with Gasteiger partial charge in [-0.1, -0.05) is 43.3 Å². The first kappa shape index (κ1) is 20.8. The van der Waals surface area contributed by atoms with Crippen molar-refractivity contribution in [2.45, 2.75) is 30.8 Å². The zero-order valence-electron chi connectivity index (χ0n) is 16.0. The number of rotatable bonds is 8. The zero-order chi connectivity index (χ0) is 19.7. The van der Waals surface area contributed by atoms with Gasteiger partial charge >= 0.3 is 0 Å². The summed E-state index contributed by atoms with van der Waals surface area (Å²) in [6.07, 6.45) is 0.654. The molecule has 0 saturated heterocycles. The van der Waals surface area contributed by atoms with Crippen LogP contribution in [-0.4, -0.2) is 40.3 Å². The highest BCUT2D eigenvalue weighted by Gasteiger charge is 2.21. The van der Waals surface area contributed by atoms with Crippen LogP contribution < -0.4 is 15.4 Å². The summed E-state index contributed by atoms with van der Waals surface area (Å²) in [4.78, 5) is 4.54. The number of methoxy groups -OCH3 is 1. The van der Waals surface area contributed by atoms with Gasteiger partial charge in [-0.05, 0) is 24.6 Å². The first-order chi connectivity index (χ1) is 13.0. The van der Waals surface area contributed by atoms with E-state index in [0.29, 0.717) is 23.8 Å². The Morgan fingerprint density at radius 3 is 2.41 bits per heavy atom. The Kier molecular flexibility index (Phi) is 7.67. The van der Waals surface area contributed by atoms with Crippen molar-refractivity contribution >= 4 is 15.8 Å². The number of hydrogen-bond donors (Lipinski definition) is 2. The van der Waals surface area contributed by atoms with Crippen LogP contribution in [0.2, 0.25) is 0 Å². The molecule has 27 heavy (non-hydrogen) atoms. The fourth-order valence-corrected chi connectivity index (χ4v) is 4.28. The van der Waals surface area contributed by atoms with Gasteiger partial charge in [-0.25, -0.2) is 8.42 Å². The summed E-state index contributed by atoms with van der Waals surface area (Å²) >= 11 is 0. The van der Waals surface area contributed by atoms with Crippen LogP contribution in [0.25, 0.3) is 0 Å². The highest BCUT2D eigenvalue weighted by Crippen LogP contribution is 2.16. The molecular formula is C20H27N3O3S. The van der Waals surface area contributed by atoms with Crippen molar-refractivity contribution in [1.29, 1.82) is 0 Å². The standard InChI is InChI=1S/C20H27N3O3S/c1-4-17(15-27(24,25)18-11-6-5-7-12-18)23-20(21-2)22-14-16-10-8-9-13-19(16)26-3/h5-13,17H,4,14-15H2,1-3H3,(H2,21,22,23). The van der Waals surface area contributed by atoms with E-state index in [1.54, 1.807) is 44.5 Å². The number of nitrogens with zero attached hydrogens (tertiary/aromatic N) is 1. The van der Waals surface area contributed by atoms with Crippen LogP contribution in [0.3, 0.4) is 0 Å². The number of hydrogen-bond acceptors (Lipinski definition) is 4. The number of aliphatic imine (C=N–C) groups is 1.